The van der Waals surface area contributed by atoms with Crippen LogP contribution in [0.25, 0.3) is 0 Å². The van der Waals surface area contributed by atoms with E-state index in [9.17, 15) is 19.5 Å². The lowest BCUT2D eigenvalue weighted by molar-refractivity contribution is -0.141. The highest BCUT2D eigenvalue weighted by Gasteiger charge is 2.43. The molecule has 2 amide bonds. The SMILES string of the molecule is CC(NC=S)NC(=O)[C@@H]1C[C@@H](O)CN1C(=O)C(c1cc(N2CCC(C=O)CC2)no1)C(C)C. The number of hydrogen-bond acceptors (Lipinski definition) is 8. The zero-order valence-electron chi connectivity index (χ0n) is 19.3. The number of carbonyl (C=O) groups is 3. The van der Waals surface area contributed by atoms with Crippen molar-refractivity contribution in [2.24, 2.45) is 11.8 Å². The summed E-state index contributed by atoms with van der Waals surface area (Å²) in [5.74, 6) is -0.242. The van der Waals surface area contributed by atoms with Gasteiger partial charge in [-0.25, -0.2) is 0 Å². The van der Waals surface area contributed by atoms with E-state index in [1.54, 1.807) is 13.0 Å². The number of nitrogens with one attached hydrogen (secondary N) is 2. The number of aliphatic hydroxyl groups excluding tert-OH is 1. The second-order valence-corrected chi connectivity index (χ2v) is 9.42. The van der Waals surface area contributed by atoms with Crippen LogP contribution >= 0.6 is 12.2 Å². The predicted molar refractivity (Wildman–Crippen MR) is 126 cm³/mol. The highest BCUT2D eigenvalue weighted by molar-refractivity contribution is 7.78. The van der Waals surface area contributed by atoms with Crippen LogP contribution in [-0.4, -0.2) is 76.7 Å². The molecule has 2 aliphatic heterocycles. The van der Waals surface area contributed by atoms with Crippen molar-refractivity contribution in [3.63, 3.8) is 0 Å². The number of aliphatic hydroxyl groups is 1. The molecule has 2 fully saturated rings. The van der Waals surface area contributed by atoms with Crippen molar-refractivity contribution < 1.29 is 24.0 Å². The summed E-state index contributed by atoms with van der Waals surface area (Å²) < 4.78 is 5.60. The molecule has 1 aromatic rings. The first-order valence-corrected chi connectivity index (χ1v) is 11.9. The van der Waals surface area contributed by atoms with Gasteiger partial charge in [-0.1, -0.05) is 31.2 Å². The zero-order valence-corrected chi connectivity index (χ0v) is 20.1. The van der Waals surface area contributed by atoms with Crippen molar-refractivity contribution in [1.29, 1.82) is 0 Å². The van der Waals surface area contributed by atoms with Gasteiger partial charge < -0.3 is 34.9 Å². The second kappa shape index (κ2) is 11.1. The van der Waals surface area contributed by atoms with Crippen molar-refractivity contribution in [2.75, 3.05) is 24.5 Å². The van der Waals surface area contributed by atoms with Crippen LogP contribution in [0.1, 0.15) is 51.7 Å². The van der Waals surface area contributed by atoms with E-state index in [0.717, 1.165) is 19.1 Å². The monoisotopic (exact) mass is 479 g/mol. The number of amides is 2. The van der Waals surface area contributed by atoms with Crippen LogP contribution in [0.15, 0.2) is 10.6 Å². The molecule has 0 saturated carbocycles. The maximum atomic E-state index is 13.6. The van der Waals surface area contributed by atoms with Crippen LogP contribution in [0.4, 0.5) is 5.82 Å². The number of hydrogen-bond donors (Lipinski definition) is 3. The number of carbonyl (C=O) groups excluding carboxylic acids is 3. The summed E-state index contributed by atoms with van der Waals surface area (Å²) in [5.41, 5.74) is 1.31. The average molecular weight is 480 g/mol. The van der Waals surface area contributed by atoms with E-state index in [1.165, 1.54) is 10.4 Å². The summed E-state index contributed by atoms with van der Waals surface area (Å²) in [7, 11) is 0. The van der Waals surface area contributed by atoms with E-state index in [2.05, 4.69) is 20.7 Å². The average Bonchev–Trinajstić information content (AvgIpc) is 3.41. The molecule has 33 heavy (non-hydrogen) atoms. The number of rotatable bonds is 9. The summed E-state index contributed by atoms with van der Waals surface area (Å²) in [6.07, 6.45) is 1.51. The van der Waals surface area contributed by atoms with Crippen LogP contribution in [0.2, 0.25) is 0 Å². The van der Waals surface area contributed by atoms with Gasteiger partial charge in [-0.2, -0.15) is 0 Å². The van der Waals surface area contributed by atoms with E-state index < -0.39 is 24.2 Å². The second-order valence-electron chi connectivity index (χ2n) is 9.18. The highest BCUT2D eigenvalue weighted by atomic mass is 32.1. The molecular formula is C22H33N5O5S. The topological polar surface area (TPSA) is 128 Å². The lowest BCUT2D eigenvalue weighted by Crippen LogP contribution is -2.52. The molecule has 3 N–H and O–H groups in total. The zero-order chi connectivity index (χ0) is 24.1. The molecule has 0 bridgehead atoms. The van der Waals surface area contributed by atoms with Crippen LogP contribution in [0.3, 0.4) is 0 Å². The van der Waals surface area contributed by atoms with Gasteiger partial charge in [0.2, 0.25) is 11.8 Å². The van der Waals surface area contributed by atoms with E-state index in [-0.39, 0.29) is 36.6 Å². The molecule has 0 radical (unpaired) electrons. The summed E-state index contributed by atoms with van der Waals surface area (Å²) in [6, 6.07) is 0.990. The summed E-state index contributed by atoms with van der Waals surface area (Å²) in [4.78, 5) is 40.9. The normalized spacial score (nSPS) is 23.3. The Morgan fingerprint density at radius 2 is 2.00 bits per heavy atom. The molecule has 0 spiro atoms. The fourth-order valence-corrected chi connectivity index (χ4v) is 4.72. The third kappa shape index (κ3) is 5.89. The summed E-state index contributed by atoms with van der Waals surface area (Å²) in [6.45, 7) is 7.04. The molecular weight excluding hydrogens is 446 g/mol. The Morgan fingerprint density at radius 3 is 2.61 bits per heavy atom. The van der Waals surface area contributed by atoms with E-state index in [1.807, 2.05) is 13.8 Å². The molecule has 182 valence electrons. The fraction of sp³-hybridized carbons (Fsp3) is 0.682. The number of piperidine rings is 1. The first-order valence-electron chi connectivity index (χ1n) is 11.4. The molecule has 4 atom stereocenters. The van der Waals surface area contributed by atoms with Gasteiger partial charge in [0.1, 0.15) is 18.2 Å². The Balaban J connectivity index is 1.75. The van der Waals surface area contributed by atoms with Gasteiger partial charge in [-0.3, -0.25) is 9.59 Å². The molecule has 3 rings (SSSR count). The van der Waals surface area contributed by atoms with Gasteiger partial charge >= 0.3 is 0 Å². The Kier molecular flexibility index (Phi) is 8.41. The first kappa shape index (κ1) is 25.1. The maximum absolute atomic E-state index is 13.6. The molecule has 2 aliphatic rings. The number of thiocarbonyl (C=S) groups is 1. The Morgan fingerprint density at radius 1 is 1.30 bits per heavy atom. The van der Waals surface area contributed by atoms with Crippen LogP contribution in [0.5, 0.6) is 0 Å². The standard InChI is InChI=1S/C22H33N5O5S/c1-13(2)20(18-9-19(25-32-18)26-6-4-15(11-28)5-7-26)22(31)27-10-16(29)8-17(27)21(30)24-14(3)23-12-33/h9,11-17,20,29H,4-8,10H2,1-3H3,(H,23,33)(H,24,30)/t14?,16-,17+,20?/m1/s1. The van der Waals surface area contributed by atoms with E-state index in [4.69, 9.17) is 16.7 Å². The quantitative estimate of drug-likeness (QED) is 0.268. The smallest absolute Gasteiger partial charge is 0.244 e. The number of likely N-dealkylation sites (tertiary alicyclic amines) is 1. The predicted octanol–water partition coefficient (Wildman–Crippen LogP) is 0.800. The van der Waals surface area contributed by atoms with Crippen molar-refractivity contribution in [2.45, 2.75) is 64.3 Å². The summed E-state index contributed by atoms with van der Waals surface area (Å²) in [5, 5.41) is 20.0. The highest BCUT2D eigenvalue weighted by Crippen LogP contribution is 2.33. The lowest BCUT2D eigenvalue weighted by Gasteiger charge is -2.30. The minimum atomic E-state index is -0.784. The molecule has 2 unspecified atom stereocenters. The largest absolute Gasteiger partial charge is 0.391 e. The van der Waals surface area contributed by atoms with Gasteiger partial charge in [-0.15, -0.1) is 0 Å². The van der Waals surface area contributed by atoms with Crippen molar-refractivity contribution in [3.05, 3.63) is 11.8 Å². The van der Waals surface area contributed by atoms with Gasteiger partial charge in [-0.05, 0) is 25.7 Å². The van der Waals surface area contributed by atoms with Crippen LogP contribution in [0, 0.1) is 11.8 Å². The van der Waals surface area contributed by atoms with Gasteiger partial charge in [0.05, 0.1) is 17.8 Å². The fourth-order valence-electron chi connectivity index (χ4n) is 4.51. The minimum Gasteiger partial charge on any atom is -0.391 e. The van der Waals surface area contributed by atoms with Gasteiger partial charge in [0, 0.05) is 38.0 Å². The lowest BCUT2D eigenvalue weighted by atomic mass is 9.91. The van der Waals surface area contributed by atoms with Crippen molar-refractivity contribution in [3.8, 4) is 0 Å². The Hall–Kier alpha value is -2.53. The summed E-state index contributed by atoms with van der Waals surface area (Å²) >= 11 is 4.75. The minimum absolute atomic E-state index is 0.0733. The maximum Gasteiger partial charge on any atom is 0.244 e. The molecule has 3 heterocycles. The van der Waals surface area contributed by atoms with Gasteiger partial charge in [0.15, 0.2) is 11.6 Å². The van der Waals surface area contributed by atoms with E-state index in [0.29, 0.717) is 24.7 Å². The molecule has 2 saturated heterocycles. The Bertz CT molecular complexity index is 854. The van der Waals surface area contributed by atoms with Gasteiger partial charge in [0.25, 0.3) is 0 Å². The van der Waals surface area contributed by atoms with Crippen LogP contribution < -0.4 is 15.5 Å². The molecule has 0 aliphatic carbocycles. The third-order valence-corrected chi connectivity index (χ3v) is 6.49. The number of aldehydes is 1. The number of nitrogens with zero attached hydrogens (tertiary/aromatic N) is 3. The molecule has 11 heteroatoms. The molecule has 0 aromatic carbocycles. The molecule has 1 aromatic heterocycles. The third-order valence-electron chi connectivity index (χ3n) is 6.35. The van der Waals surface area contributed by atoms with E-state index >= 15 is 0 Å². The van der Waals surface area contributed by atoms with Crippen molar-refractivity contribution in [1.82, 2.24) is 20.7 Å². The first-order chi connectivity index (χ1) is 15.7. The number of β-amino-alcohol motifs (C(OH)–C–C–N with tert-alkyl or cyclic N) is 1. The number of anilines is 1. The number of aromatic nitrogens is 1. The van der Waals surface area contributed by atoms with Crippen molar-refractivity contribution >= 4 is 41.6 Å². The van der Waals surface area contributed by atoms with Crippen LogP contribution in [-0.2, 0) is 14.4 Å². The molecule has 10 nitrogen and oxygen atoms in total. The Labute approximate surface area is 199 Å².